The second kappa shape index (κ2) is 9.38. The van der Waals surface area contributed by atoms with Gasteiger partial charge >= 0.3 is 0 Å². The fourth-order valence-electron chi connectivity index (χ4n) is 1.99. The molecule has 0 heterocycles. The molecule has 1 aromatic rings. The van der Waals surface area contributed by atoms with E-state index in [-0.39, 0.29) is 0 Å². The Bertz CT molecular complexity index is 409. The van der Waals surface area contributed by atoms with Crippen LogP contribution in [0.3, 0.4) is 0 Å². The van der Waals surface area contributed by atoms with E-state index in [0.29, 0.717) is 21.4 Å². The predicted octanol–water partition coefficient (Wildman–Crippen LogP) is 4.78. The lowest BCUT2D eigenvalue weighted by atomic mass is 10.1. The van der Waals surface area contributed by atoms with E-state index in [0.717, 1.165) is 12.8 Å². The lowest BCUT2D eigenvalue weighted by Gasteiger charge is -2.06. The summed E-state index contributed by atoms with van der Waals surface area (Å²) in [5, 5.41) is 0.551. The van der Waals surface area contributed by atoms with Gasteiger partial charge in [-0.05, 0) is 24.6 Å². The van der Waals surface area contributed by atoms with E-state index in [1.807, 2.05) is 0 Å². The maximum atomic E-state index is 12.1. The maximum Gasteiger partial charge on any atom is 0.0594 e. The number of hydrogen-bond donors (Lipinski definition) is 1. The quantitative estimate of drug-likeness (QED) is 0.527. The fourth-order valence-corrected chi connectivity index (χ4v) is 3.61. The zero-order valence-corrected chi connectivity index (χ0v) is 13.2. The van der Waals surface area contributed by atoms with Gasteiger partial charge in [-0.3, -0.25) is 4.21 Å². The Kier molecular flexibility index (Phi) is 8.15. The van der Waals surface area contributed by atoms with Crippen molar-refractivity contribution < 1.29 is 4.21 Å². The molecule has 0 aliphatic rings. The van der Waals surface area contributed by atoms with Crippen LogP contribution in [-0.2, 0) is 10.8 Å². The average molecular weight is 302 g/mol. The van der Waals surface area contributed by atoms with E-state index in [2.05, 4.69) is 6.92 Å². The van der Waals surface area contributed by atoms with Gasteiger partial charge in [0.2, 0.25) is 0 Å². The molecule has 108 valence electrons. The summed E-state index contributed by atoms with van der Waals surface area (Å²) in [4.78, 5) is 0.674. The molecule has 2 N–H and O–H groups in total. The van der Waals surface area contributed by atoms with Gasteiger partial charge in [-0.25, -0.2) is 0 Å². The summed E-state index contributed by atoms with van der Waals surface area (Å²) in [6.45, 7) is 2.22. The van der Waals surface area contributed by atoms with E-state index < -0.39 is 10.8 Å². The van der Waals surface area contributed by atoms with Gasteiger partial charge in [0.1, 0.15) is 0 Å². The van der Waals surface area contributed by atoms with Gasteiger partial charge in [-0.2, -0.15) is 0 Å². The lowest BCUT2D eigenvalue weighted by molar-refractivity contribution is 0.601. The Balaban J connectivity index is 2.26. The molecule has 19 heavy (non-hydrogen) atoms. The molecule has 1 rings (SSSR count). The van der Waals surface area contributed by atoms with Crippen LogP contribution in [0.25, 0.3) is 0 Å². The summed E-state index contributed by atoms with van der Waals surface area (Å²) < 4.78 is 12.1. The third-order valence-corrected chi connectivity index (χ3v) is 5.06. The number of nitrogen functional groups attached to an aromatic ring is 1. The number of halogens is 1. The van der Waals surface area contributed by atoms with Crippen molar-refractivity contribution in [2.75, 3.05) is 11.5 Å². The van der Waals surface area contributed by atoms with Crippen molar-refractivity contribution >= 4 is 28.1 Å². The third-order valence-electron chi connectivity index (χ3n) is 3.13. The van der Waals surface area contributed by atoms with Crippen LogP contribution in [0.15, 0.2) is 23.1 Å². The summed E-state index contributed by atoms with van der Waals surface area (Å²) in [5.41, 5.74) is 6.31. The molecule has 0 spiro atoms. The minimum Gasteiger partial charge on any atom is -0.399 e. The predicted molar refractivity (Wildman–Crippen MR) is 85.1 cm³/mol. The van der Waals surface area contributed by atoms with E-state index in [9.17, 15) is 4.21 Å². The van der Waals surface area contributed by atoms with Crippen LogP contribution in [0.2, 0.25) is 5.02 Å². The molecule has 0 fully saturated rings. The van der Waals surface area contributed by atoms with Gasteiger partial charge in [0.05, 0.1) is 20.7 Å². The van der Waals surface area contributed by atoms with Gasteiger partial charge in [0.15, 0.2) is 0 Å². The molecule has 0 bridgehead atoms. The molecule has 0 saturated heterocycles. The lowest BCUT2D eigenvalue weighted by Crippen LogP contribution is -2.00. The van der Waals surface area contributed by atoms with E-state index in [4.69, 9.17) is 17.3 Å². The van der Waals surface area contributed by atoms with Crippen LogP contribution in [0.1, 0.15) is 51.9 Å². The summed E-state index contributed by atoms with van der Waals surface area (Å²) in [7, 11) is -1.03. The molecule has 0 radical (unpaired) electrons. The minimum atomic E-state index is -1.03. The molecule has 0 aliphatic heterocycles. The molecule has 1 aromatic carbocycles. The topological polar surface area (TPSA) is 43.1 Å². The van der Waals surface area contributed by atoms with Crippen LogP contribution in [0.4, 0.5) is 5.69 Å². The highest BCUT2D eigenvalue weighted by Crippen LogP contribution is 2.23. The molecule has 1 unspecified atom stereocenters. The minimum absolute atomic E-state index is 0.551. The first kappa shape index (κ1) is 16.5. The molecular weight excluding hydrogens is 278 g/mol. The Morgan fingerprint density at radius 2 is 1.74 bits per heavy atom. The third kappa shape index (κ3) is 6.44. The molecule has 2 nitrogen and oxygen atoms in total. The molecule has 0 aliphatic carbocycles. The van der Waals surface area contributed by atoms with E-state index in [1.54, 1.807) is 18.2 Å². The average Bonchev–Trinajstić information content (AvgIpc) is 2.40. The summed E-state index contributed by atoms with van der Waals surface area (Å²) in [6, 6.07) is 5.17. The van der Waals surface area contributed by atoms with Crippen molar-refractivity contribution in [3.8, 4) is 0 Å². The van der Waals surface area contributed by atoms with Crippen LogP contribution in [-0.4, -0.2) is 9.96 Å². The zero-order valence-electron chi connectivity index (χ0n) is 11.7. The highest BCUT2D eigenvalue weighted by atomic mass is 35.5. The Hall–Kier alpha value is -0.540. The fraction of sp³-hybridized carbons (Fsp3) is 0.600. The number of unbranched alkanes of at least 4 members (excludes halogenated alkanes) is 6. The summed E-state index contributed by atoms with van der Waals surface area (Å²) in [6.07, 6.45) is 8.59. The number of rotatable bonds is 9. The van der Waals surface area contributed by atoms with Gasteiger partial charge in [-0.15, -0.1) is 0 Å². The summed E-state index contributed by atoms with van der Waals surface area (Å²) in [5.74, 6) is 0.678. The first-order valence-electron chi connectivity index (χ1n) is 7.08. The standard InChI is InChI=1S/C15H24ClNOS/c1-2-3-4-5-6-7-8-11-19(18)15-12-13(17)9-10-14(15)16/h9-10,12H,2-8,11,17H2,1H3. The number of nitrogens with two attached hydrogens (primary N) is 1. The van der Waals surface area contributed by atoms with Gasteiger partial charge < -0.3 is 5.73 Å². The first-order valence-corrected chi connectivity index (χ1v) is 8.78. The second-order valence-corrected chi connectivity index (χ2v) is 6.81. The Morgan fingerprint density at radius 1 is 1.11 bits per heavy atom. The Morgan fingerprint density at radius 3 is 2.42 bits per heavy atom. The normalized spacial score (nSPS) is 12.5. The van der Waals surface area contributed by atoms with Crippen molar-refractivity contribution in [3.05, 3.63) is 23.2 Å². The smallest absolute Gasteiger partial charge is 0.0594 e. The molecule has 4 heteroatoms. The molecule has 0 aromatic heterocycles. The molecular formula is C15H24ClNOS. The molecule has 0 saturated carbocycles. The van der Waals surface area contributed by atoms with Crippen LogP contribution in [0, 0.1) is 0 Å². The highest BCUT2D eigenvalue weighted by molar-refractivity contribution is 7.85. The number of benzene rings is 1. The summed E-state index contributed by atoms with van der Waals surface area (Å²) >= 11 is 6.04. The first-order chi connectivity index (χ1) is 9.15. The van der Waals surface area contributed by atoms with Crippen molar-refractivity contribution in [1.82, 2.24) is 0 Å². The van der Waals surface area contributed by atoms with E-state index in [1.165, 1.54) is 32.1 Å². The van der Waals surface area contributed by atoms with Gasteiger partial charge in [-0.1, -0.05) is 57.0 Å². The second-order valence-electron chi connectivity index (χ2n) is 4.86. The van der Waals surface area contributed by atoms with Gasteiger partial charge in [0, 0.05) is 11.4 Å². The van der Waals surface area contributed by atoms with Crippen LogP contribution < -0.4 is 5.73 Å². The van der Waals surface area contributed by atoms with Crippen LogP contribution in [0.5, 0.6) is 0 Å². The largest absolute Gasteiger partial charge is 0.399 e. The van der Waals surface area contributed by atoms with Crippen molar-refractivity contribution in [3.63, 3.8) is 0 Å². The number of anilines is 1. The zero-order chi connectivity index (χ0) is 14.1. The highest BCUT2D eigenvalue weighted by Gasteiger charge is 2.08. The van der Waals surface area contributed by atoms with Crippen molar-refractivity contribution in [2.24, 2.45) is 0 Å². The van der Waals surface area contributed by atoms with E-state index >= 15 is 0 Å². The Labute approximate surface area is 124 Å². The monoisotopic (exact) mass is 301 g/mol. The number of hydrogen-bond acceptors (Lipinski definition) is 2. The van der Waals surface area contributed by atoms with Crippen molar-refractivity contribution in [2.45, 2.75) is 56.8 Å². The SMILES string of the molecule is CCCCCCCCCS(=O)c1cc(N)ccc1Cl. The maximum absolute atomic E-state index is 12.1. The van der Waals surface area contributed by atoms with Crippen molar-refractivity contribution in [1.29, 1.82) is 0 Å². The molecule has 1 atom stereocenters. The van der Waals surface area contributed by atoms with Crippen LogP contribution >= 0.6 is 11.6 Å². The van der Waals surface area contributed by atoms with Gasteiger partial charge in [0.25, 0.3) is 0 Å². The molecule has 0 amide bonds.